The Bertz CT molecular complexity index is 1810. The molecule has 18 heteroatoms. The van der Waals surface area contributed by atoms with Crippen molar-refractivity contribution < 1.29 is 89.8 Å². The van der Waals surface area contributed by atoms with E-state index < -0.39 is 145 Å². The van der Waals surface area contributed by atoms with Crippen LogP contribution in [-0.2, 0) is 28.5 Å². The largest absolute Gasteiger partial charge is 0.481 e. The maximum absolute atomic E-state index is 13.2. The molecule has 4 saturated carbocycles. The van der Waals surface area contributed by atoms with Crippen LogP contribution >= 0.6 is 0 Å². The van der Waals surface area contributed by atoms with Gasteiger partial charge in [-0.2, -0.15) is 0 Å². The number of rotatable bonds is 8. The summed E-state index contributed by atoms with van der Waals surface area (Å²) in [7, 11) is 0. The number of carboxylic acid groups (broad SMARTS) is 1. The van der Waals surface area contributed by atoms with E-state index in [4.69, 9.17) is 23.7 Å². The van der Waals surface area contributed by atoms with E-state index >= 15 is 0 Å². The molecule has 0 aromatic rings. The molecular formula is C47H76O18. The Morgan fingerprint density at radius 3 is 2.02 bits per heavy atom. The van der Waals surface area contributed by atoms with Crippen LogP contribution in [0.5, 0.6) is 0 Å². The molecule has 0 aromatic heterocycles. The second kappa shape index (κ2) is 16.9. The Balaban J connectivity index is 1.13. The van der Waals surface area contributed by atoms with Crippen LogP contribution in [-0.4, -0.2) is 185 Å². The SMILES string of the molecule is CC1(C)CC[C@]2(C(=O)O)CC[C@]3(C)C(=CC[C@@H]4[C@@]5(C)CC[C@H](O[C@@H]6O[C@H](CO)[C@@H](O)[C@@](O)([C@@H]7O[C@H](CO)[C@@H](O)[C@H](O)[C@H]7O)[C@H]6O[C@@H]6OC[C@@H](O)[C@H](O)[C@H]6O)C(C)(C)[C@@H]5CC[C@]43C)[C@@H]2[C@@H]1O. The average molecular weight is 929 g/mol. The lowest BCUT2D eigenvalue weighted by Crippen LogP contribution is -2.78. The van der Waals surface area contributed by atoms with Crippen LogP contribution in [0.1, 0.15) is 106 Å². The van der Waals surface area contributed by atoms with Crippen molar-refractivity contribution in [2.75, 3.05) is 19.8 Å². The molecule has 3 aliphatic heterocycles. The minimum Gasteiger partial charge on any atom is -0.481 e. The number of aliphatic hydroxyl groups is 11. The molecule has 372 valence electrons. The molecular weight excluding hydrogens is 852 g/mol. The smallest absolute Gasteiger partial charge is 0.310 e. The summed E-state index contributed by atoms with van der Waals surface area (Å²) in [6, 6.07) is 0. The van der Waals surface area contributed by atoms with Gasteiger partial charge >= 0.3 is 5.97 Å². The molecule has 3 heterocycles. The van der Waals surface area contributed by atoms with Crippen LogP contribution in [0.4, 0.5) is 0 Å². The number of carbonyl (C=O) groups is 1. The molecule has 7 fully saturated rings. The van der Waals surface area contributed by atoms with E-state index in [1.54, 1.807) is 0 Å². The van der Waals surface area contributed by atoms with E-state index in [1.165, 1.54) is 0 Å². The zero-order chi connectivity index (χ0) is 47.8. The molecule has 65 heavy (non-hydrogen) atoms. The molecule has 0 spiro atoms. The third-order valence-corrected chi connectivity index (χ3v) is 19.6. The normalized spacial score (nSPS) is 55.1. The second-order valence-corrected chi connectivity index (χ2v) is 23.3. The molecule has 18 nitrogen and oxygen atoms in total. The lowest BCUT2D eigenvalue weighted by molar-refractivity contribution is -0.413. The Morgan fingerprint density at radius 2 is 1.37 bits per heavy atom. The summed E-state index contributed by atoms with van der Waals surface area (Å²) in [6.07, 6.45) is -17.3. The highest BCUT2D eigenvalue weighted by atomic mass is 16.8. The van der Waals surface area contributed by atoms with E-state index in [9.17, 15) is 66.1 Å². The molecule has 8 rings (SSSR count). The van der Waals surface area contributed by atoms with Crippen molar-refractivity contribution in [3.8, 4) is 0 Å². The van der Waals surface area contributed by atoms with Crippen LogP contribution in [0.15, 0.2) is 11.6 Å². The topological polar surface area (TPSA) is 306 Å². The minimum atomic E-state index is -2.89. The third-order valence-electron chi connectivity index (χ3n) is 19.6. The van der Waals surface area contributed by atoms with E-state index in [0.717, 1.165) is 18.4 Å². The van der Waals surface area contributed by atoms with Crippen molar-refractivity contribution >= 4 is 5.97 Å². The van der Waals surface area contributed by atoms with Crippen LogP contribution in [0.25, 0.3) is 0 Å². The maximum Gasteiger partial charge on any atom is 0.310 e. The molecule has 5 aliphatic carbocycles. The van der Waals surface area contributed by atoms with Crippen molar-refractivity contribution in [1.29, 1.82) is 0 Å². The van der Waals surface area contributed by atoms with Gasteiger partial charge in [-0.25, -0.2) is 0 Å². The first-order chi connectivity index (χ1) is 30.2. The number of aliphatic carboxylic acids is 1. The predicted octanol–water partition coefficient (Wildman–Crippen LogP) is -0.295. The van der Waals surface area contributed by atoms with Gasteiger partial charge in [-0.1, -0.05) is 60.1 Å². The summed E-state index contributed by atoms with van der Waals surface area (Å²) in [5.41, 5.74) is -4.76. The summed E-state index contributed by atoms with van der Waals surface area (Å²) in [5.74, 6) is -1.11. The van der Waals surface area contributed by atoms with E-state index in [1.807, 2.05) is 13.8 Å². The number of hydrogen-bond donors (Lipinski definition) is 12. The first-order valence-corrected chi connectivity index (χ1v) is 23.8. The van der Waals surface area contributed by atoms with Crippen molar-refractivity contribution in [3.63, 3.8) is 0 Å². The number of fused-ring (bicyclic) bond motifs is 7. The van der Waals surface area contributed by atoms with Gasteiger partial charge in [-0.15, -0.1) is 0 Å². The van der Waals surface area contributed by atoms with Gasteiger partial charge in [0, 0.05) is 5.92 Å². The van der Waals surface area contributed by atoms with Crippen molar-refractivity contribution in [3.05, 3.63) is 11.6 Å². The van der Waals surface area contributed by atoms with E-state index in [0.29, 0.717) is 44.9 Å². The lowest BCUT2D eigenvalue weighted by atomic mass is 9.33. The molecule has 8 aliphatic rings. The first kappa shape index (κ1) is 50.0. The van der Waals surface area contributed by atoms with Crippen molar-refractivity contribution in [2.45, 2.75) is 204 Å². The zero-order valence-corrected chi connectivity index (χ0v) is 38.8. The third kappa shape index (κ3) is 7.12. The molecule has 23 atom stereocenters. The summed E-state index contributed by atoms with van der Waals surface area (Å²) < 4.78 is 30.7. The quantitative estimate of drug-likeness (QED) is 0.110. The Morgan fingerprint density at radius 1 is 0.708 bits per heavy atom. The first-order valence-electron chi connectivity index (χ1n) is 23.8. The number of aliphatic hydroxyl groups excluding tert-OH is 10. The van der Waals surface area contributed by atoms with Gasteiger partial charge in [-0.3, -0.25) is 4.79 Å². The number of ether oxygens (including phenoxy) is 5. The van der Waals surface area contributed by atoms with E-state index in [-0.39, 0.29) is 28.1 Å². The molecule has 0 amide bonds. The van der Waals surface area contributed by atoms with Gasteiger partial charge in [0.25, 0.3) is 0 Å². The van der Waals surface area contributed by atoms with Gasteiger partial charge in [-0.05, 0) is 96.7 Å². The van der Waals surface area contributed by atoms with Crippen LogP contribution < -0.4 is 0 Å². The highest BCUT2D eigenvalue weighted by Crippen LogP contribution is 2.76. The summed E-state index contributed by atoms with van der Waals surface area (Å²) in [5, 5.41) is 133. The fraction of sp³-hybridized carbons (Fsp3) is 0.936. The Hall–Kier alpha value is -1.43. The number of allylic oxidation sites excluding steroid dienone is 1. The Kier molecular flexibility index (Phi) is 13.0. The van der Waals surface area contributed by atoms with Gasteiger partial charge in [0.15, 0.2) is 18.2 Å². The summed E-state index contributed by atoms with van der Waals surface area (Å²) in [4.78, 5) is 13.2. The molecule has 12 N–H and O–H groups in total. The van der Waals surface area contributed by atoms with Gasteiger partial charge in [0.2, 0.25) is 0 Å². The Labute approximate surface area is 380 Å². The number of carboxylic acids is 1. The summed E-state index contributed by atoms with van der Waals surface area (Å²) in [6.45, 7) is 13.0. The van der Waals surface area contributed by atoms with Crippen LogP contribution in [0, 0.1) is 50.2 Å². The highest BCUT2D eigenvalue weighted by Gasteiger charge is 2.72. The molecule has 0 radical (unpaired) electrons. The lowest BCUT2D eigenvalue weighted by Gasteiger charge is -2.71. The molecule has 0 bridgehead atoms. The molecule has 3 saturated heterocycles. The zero-order valence-electron chi connectivity index (χ0n) is 38.8. The van der Waals surface area contributed by atoms with Gasteiger partial charge in [0.05, 0.1) is 37.4 Å². The van der Waals surface area contributed by atoms with Crippen molar-refractivity contribution in [2.24, 2.45) is 50.2 Å². The van der Waals surface area contributed by atoms with Gasteiger partial charge < -0.3 is 85.0 Å². The fourth-order valence-corrected chi connectivity index (χ4v) is 15.3. The average Bonchev–Trinajstić information content (AvgIpc) is 3.24. The second-order valence-electron chi connectivity index (χ2n) is 23.3. The highest BCUT2D eigenvalue weighted by molar-refractivity contribution is 5.77. The van der Waals surface area contributed by atoms with Crippen LogP contribution in [0.2, 0.25) is 0 Å². The standard InChI is InChI=1S/C47H76O18/c1-41(2)14-16-46(40(58)59)17-15-44(6)21(28(46)35(41)57)8-9-26-43(5)12-11-27(42(3,4)25(43)10-13-45(26,44)7)64-39-37(65-38-33(55)29(51)22(50)20-61-38)47(60,34(56)24(19-49)63-39)36-32(54)31(53)30(52)23(18-48)62-36/h8,22-39,48-57,60H,9-20H2,1-7H3,(H,58,59)/t22-,23-,24-,25+,26-,27+,28-,29+,30-,31+,32-,33-,34-,35+,36-,37+,38+,39+,43+,44-,45-,46+,47-/m1/s1. The fourth-order valence-electron chi connectivity index (χ4n) is 15.3. The number of hydrogen-bond acceptors (Lipinski definition) is 17. The monoisotopic (exact) mass is 929 g/mol. The maximum atomic E-state index is 13.2. The minimum absolute atomic E-state index is 0.0398. The summed E-state index contributed by atoms with van der Waals surface area (Å²) >= 11 is 0. The van der Waals surface area contributed by atoms with Crippen LogP contribution in [0.3, 0.4) is 0 Å². The molecule has 0 aromatic carbocycles. The molecule has 0 unspecified atom stereocenters. The van der Waals surface area contributed by atoms with E-state index in [2.05, 4.69) is 40.7 Å². The van der Waals surface area contributed by atoms with Crippen molar-refractivity contribution in [1.82, 2.24) is 0 Å². The predicted molar refractivity (Wildman–Crippen MR) is 226 cm³/mol. The van der Waals surface area contributed by atoms with Gasteiger partial charge in [0.1, 0.15) is 67.1 Å².